The lowest BCUT2D eigenvalue weighted by molar-refractivity contribution is -0.121. The highest BCUT2D eigenvalue weighted by Gasteiger charge is 2.11. The summed E-state index contributed by atoms with van der Waals surface area (Å²) in [6.07, 6.45) is 0.804. The van der Waals surface area contributed by atoms with Gasteiger partial charge in [0, 0.05) is 12.0 Å². The molecule has 5 heteroatoms. The standard InChI is InChI=1S/C20H24N2O3/c1-4-25-18-8-6-5-7-16(18)10-12-19(23)21-22-20(24)17-11-9-14(2)13-15(17)3/h5-9,11,13H,4,10,12H2,1-3H3,(H,21,23)(H,22,24). The number of benzene rings is 2. The molecule has 2 N–H and O–H groups in total. The summed E-state index contributed by atoms with van der Waals surface area (Å²) in [6, 6.07) is 13.2. The van der Waals surface area contributed by atoms with Crippen LogP contribution in [-0.2, 0) is 11.2 Å². The van der Waals surface area contributed by atoms with Crippen molar-refractivity contribution in [2.75, 3.05) is 6.61 Å². The highest BCUT2D eigenvalue weighted by Crippen LogP contribution is 2.19. The van der Waals surface area contributed by atoms with Crippen molar-refractivity contribution < 1.29 is 14.3 Å². The topological polar surface area (TPSA) is 67.4 Å². The first-order valence-corrected chi connectivity index (χ1v) is 8.38. The number of aryl methyl sites for hydroxylation is 3. The quantitative estimate of drug-likeness (QED) is 0.794. The maximum atomic E-state index is 12.1. The molecule has 0 bridgehead atoms. The molecule has 2 aromatic rings. The Morgan fingerprint density at radius 1 is 1.04 bits per heavy atom. The molecule has 2 aromatic carbocycles. The molecule has 0 fully saturated rings. The number of para-hydroxylation sites is 1. The van der Waals surface area contributed by atoms with Crippen LogP contribution in [0.25, 0.3) is 0 Å². The maximum Gasteiger partial charge on any atom is 0.269 e. The number of ether oxygens (including phenoxy) is 1. The van der Waals surface area contributed by atoms with Gasteiger partial charge in [-0.15, -0.1) is 0 Å². The molecule has 2 rings (SSSR count). The van der Waals surface area contributed by atoms with Gasteiger partial charge in [-0.1, -0.05) is 35.9 Å². The van der Waals surface area contributed by atoms with Crippen molar-refractivity contribution in [1.29, 1.82) is 0 Å². The Bertz CT molecular complexity index is 756. The first-order chi connectivity index (χ1) is 12.0. The Morgan fingerprint density at radius 2 is 1.80 bits per heavy atom. The molecule has 2 amide bonds. The van der Waals surface area contributed by atoms with E-state index < -0.39 is 0 Å². The van der Waals surface area contributed by atoms with Gasteiger partial charge in [-0.2, -0.15) is 0 Å². The van der Waals surface area contributed by atoms with Crippen molar-refractivity contribution in [1.82, 2.24) is 10.9 Å². The number of nitrogens with one attached hydrogen (secondary N) is 2. The molecule has 132 valence electrons. The van der Waals surface area contributed by atoms with Crippen molar-refractivity contribution in [2.45, 2.75) is 33.6 Å². The molecule has 0 saturated heterocycles. The molecule has 0 aliphatic carbocycles. The number of hydrogen-bond acceptors (Lipinski definition) is 3. The second-order valence-corrected chi connectivity index (χ2v) is 5.86. The van der Waals surface area contributed by atoms with Gasteiger partial charge in [-0.3, -0.25) is 20.4 Å². The van der Waals surface area contributed by atoms with Gasteiger partial charge in [-0.25, -0.2) is 0 Å². The molecule has 0 heterocycles. The number of hydrogen-bond donors (Lipinski definition) is 2. The fourth-order valence-electron chi connectivity index (χ4n) is 2.58. The van der Waals surface area contributed by atoms with E-state index in [0.29, 0.717) is 18.6 Å². The molecule has 5 nitrogen and oxygen atoms in total. The van der Waals surface area contributed by atoms with Crippen LogP contribution >= 0.6 is 0 Å². The zero-order valence-corrected chi connectivity index (χ0v) is 14.9. The second kappa shape index (κ2) is 8.87. The van der Waals surface area contributed by atoms with Gasteiger partial charge in [0.2, 0.25) is 5.91 Å². The van der Waals surface area contributed by atoms with Gasteiger partial charge < -0.3 is 4.74 Å². The molecular formula is C20H24N2O3. The fraction of sp³-hybridized carbons (Fsp3) is 0.300. The minimum absolute atomic E-state index is 0.246. The summed E-state index contributed by atoms with van der Waals surface area (Å²) in [4.78, 5) is 24.1. The van der Waals surface area contributed by atoms with E-state index in [1.807, 2.05) is 57.2 Å². The third-order valence-electron chi connectivity index (χ3n) is 3.84. The van der Waals surface area contributed by atoms with Crippen LogP contribution in [0.4, 0.5) is 0 Å². The average Bonchev–Trinajstić information content (AvgIpc) is 2.59. The molecular weight excluding hydrogens is 316 g/mol. The number of carbonyl (C=O) groups is 2. The minimum Gasteiger partial charge on any atom is -0.494 e. The Kier molecular flexibility index (Phi) is 6.57. The van der Waals surface area contributed by atoms with E-state index >= 15 is 0 Å². The second-order valence-electron chi connectivity index (χ2n) is 5.86. The zero-order valence-electron chi connectivity index (χ0n) is 14.9. The summed E-state index contributed by atoms with van der Waals surface area (Å²) in [7, 11) is 0. The van der Waals surface area contributed by atoms with Crippen LogP contribution in [0.15, 0.2) is 42.5 Å². The first kappa shape index (κ1) is 18.5. The van der Waals surface area contributed by atoms with Gasteiger partial charge in [0.05, 0.1) is 6.61 Å². The Balaban J connectivity index is 1.86. The molecule has 0 aliphatic heterocycles. The average molecular weight is 340 g/mol. The summed E-state index contributed by atoms with van der Waals surface area (Å²) in [5.74, 6) is 0.224. The summed E-state index contributed by atoms with van der Waals surface area (Å²) < 4.78 is 5.55. The van der Waals surface area contributed by atoms with Crippen molar-refractivity contribution in [3.63, 3.8) is 0 Å². The number of hydrazine groups is 1. The largest absolute Gasteiger partial charge is 0.494 e. The molecule has 0 radical (unpaired) electrons. The predicted octanol–water partition coefficient (Wildman–Crippen LogP) is 3.10. The summed E-state index contributed by atoms with van der Waals surface area (Å²) in [5, 5.41) is 0. The molecule has 0 spiro atoms. The SMILES string of the molecule is CCOc1ccccc1CCC(=O)NNC(=O)c1ccc(C)cc1C. The third-order valence-corrected chi connectivity index (χ3v) is 3.84. The predicted molar refractivity (Wildman–Crippen MR) is 97.5 cm³/mol. The smallest absolute Gasteiger partial charge is 0.269 e. The van der Waals surface area contributed by atoms with Crippen LogP contribution in [0, 0.1) is 13.8 Å². The number of carbonyl (C=O) groups excluding carboxylic acids is 2. The monoisotopic (exact) mass is 340 g/mol. The molecule has 0 saturated carbocycles. The van der Waals surface area contributed by atoms with E-state index in [4.69, 9.17) is 4.74 Å². The minimum atomic E-state index is -0.319. The Hall–Kier alpha value is -2.82. The molecule has 0 aliphatic rings. The number of rotatable bonds is 6. The van der Waals surface area contributed by atoms with Gasteiger partial charge in [0.1, 0.15) is 5.75 Å². The molecule has 0 unspecified atom stereocenters. The van der Waals surface area contributed by atoms with E-state index in [2.05, 4.69) is 10.9 Å². The van der Waals surface area contributed by atoms with Crippen molar-refractivity contribution >= 4 is 11.8 Å². The normalized spacial score (nSPS) is 10.2. The third kappa shape index (κ3) is 5.35. The van der Waals surface area contributed by atoms with E-state index in [0.717, 1.165) is 22.4 Å². The van der Waals surface area contributed by atoms with E-state index in [1.165, 1.54) is 0 Å². The van der Waals surface area contributed by atoms with Crippen LogP contribution in [-0.4, -0.2) is 18.4 Å². The lowest BCUT2D eigenvalue weighted by Gasteiger charge is -2.11. The Labute approximate surface area is 148 Å². The van der Waals surface area contributed by atoms with Crippen molar-refractivity contribution in [3.8, 4) is 5.75 Å². The highest BCUT2D eigenvalue weighted by atomic mass is 16.5. The highest BCUT2D eigenvalue weighted by molar-refractivity contribution is 5.96. The molecule has 25 heavy (non-hydrogen) atoms. The first-order valence-electron chi connectivity index (χ1n) is 8.38. The summed E-state index contributed by atoms with van der Waals surface area (Å²) in [6.45, 7) is 6.34. The van der Waals surface area contributed by atoms with Crippen molar-refractivity contribution in [2.24, 2.45) is 0 Å². The lowest BCUT2D eigenvalue weighted by atomic mass is 10.1. The van der Waals surface area contributed by atoms with Crippen LogP contribution in [0.1, 0.15) is 40.4 Å². The van der Waals surface area contributed by atoms with E-state index in [-0.39, 0.29) is 18.2 Å². The summed E-state index contributed by atoms with van der Waals surface area (Å²) >= 11 is 0. The van der Waals surface area contributed by atoms with Gasteiger partial charge in [-0.05, 0) is 50.5 Å². The van der Waals surface area contributed by atoms with E-state index in [9.17, 15) is 9.59 Å². The zero-order chi connectivity index (χ0) is 18.2. The molecule has 0 atom stereocenters. The van der Waals surface area contributed by atoms with E-state index in [1.54, 1.807) is 6.07 Å². The van der Waals surface area contributed by atoms with Gasteiger partial charge in [0.15, 0.2) is 0 Å². The Morgan fingerprint density at radius 3 is 2.52 bits per heavy atom. The van der Waals surface area contributed by atoms with Crippen LogP contribution in [0.5, 0.6) is 5.75 Å². The molecule has 0 aromatic heterocycles. The van der Waals surface area contributed by atoms with Crippen LogP contribution in [0.3, 0.4) is 0 Å². The summed E-state index contributed by atoms with van der Waals surface area (Å²) in [5.41, 5.74) is 8.41. The maximum absolute atomic E-state index is 12.1. The van der Waals surface area contributed by atoms with Gasteiger partial charge >= 0.3 is 0 Å². The number of amides is 2. The van der Waals surface area contributed by atoms with Crippen LogP contribution < -0.4 is 15.6 Å². The lowest BCUT2D eigenvalue weighted by Crippen LogP contribution is -2.42. The van der Waals surface area contributed by atoms with Crippen LogP contribution in [0.2, 0.25) is 0 Å². The fourth-order valence-corrected chi connectivity index (χ4v) is 2.58. The van der Waals surface area contributed by atoms with Gasteiger partial charge in [0.25, 0.3) is 5.91 Å². The van der Waals surface area contributed by atoms with Crippen molar-refractivity contribution in [3.05, 3.63) is 64.7 Å².